The molecule has 7 heteroatoms. The molecule has 4 rings (SSSR count). The molecule has 0 saturated heterocycles. The van der Waals surface area contributed by atoms with E-state index in [1.54, 1.807) is 18.2 Å². The molecular formula is C28H29N3O4. The molecule has 1 heterocycles. The standard InChI is InChI=1S/C28H29N3O4/c32-27(17-16-26-30-25-11-5-4-10-24(25)28(33)31-26)29-18-6-7-19-34-22-12-14-23(15-13-22)35-20-21-8-2-1-3-9-21/h1-5,8-15H,6-7,16-20H2,(H,29,32)(H,30,31,33). The highest BCUT2D eigenvalue weighted by atomic mass is 16.5. The van der Waals surface area contributed by atoms with Gasteiger partial charge >= 0.3 is 0 Å². The van der Waals surface area contributed by atoms with Gasteiger partial charge in [0.2, 0.25) is 5.91 Å². The summed E-state index contributed by atoms with van der Waals surface area (Å²) in [6.07, 6.45) is 2.30. The van der Waals surface area contributed by atoms with Crippen molar-refractivity contribution in [3.05, 3.63) is 101 Å². The Bertz CT molecular complexity index is 1290. The Hall–Kier alpha value is -4.13. The molecule has 0 fully saturated rings. The molecule has 0 aliphatic carbocycles. The minimum Gasteiger partial charge on any atom is -0.494 e. The van der Waals surface area contributed by atoms with E-state index in [4.69, 9.17) is 9.47 Å². The SMILES string of the molecule is O=C(CCc1nc2ccccc2c(=O)[nH]1)NCCCCOc1ccc(OCc2ccccc2)cc1. The quantitative estimate of drug-likeness (QED) is 0.299. The van der Waals surface area contributed by atoms with Gasteiger partial charge in [-0.1, -0.05) is 42.5 Å². The van der Waals surface area contributed by atoms with E-state index in [1.807, 2.05) is 60.7 Å². The van der Waals surface area contributed by atoms with Gasteiger partial charge in [-0.3, -0.25) is 9.59 Å². The normalized spacial score (nSPS) is 10.7. The van der Waals surface area contributed by atoms with Crippen molar-refractivity contribution in [1.29, 1.82) is 0 Å². The molecule has 0 atom stereocenters. The predicted octanol–water partition coefficient (Wildman–Crippen LogP) is 4.41. The van der Waals surface area contributed by atoms with E-state index in [2.05, 4.69) is 15.3 Å². The maximum Gasteiger partial charge on any atom is 0.258 e. The van der Waals surface area contributed by atoms with Crippen molar-refractivity contribution in [3.63, 3.8) is 0 Å². The highest BCUT2D eigenvalue weighted by molar-refractivity contribution is 5.78. The third kappa shape index (κ3) is 7.43. The number of carbonyl (C=O) groups is 1. The zero-order chi connectivity index (χ0) is 24.3. The molecule has 0 bridgehead atoms. The largest absolute Gasteiger partial charge is 0.494 e. The zero-order valence-electron chi connectivity index (χ0n) is 19.5. The summed E-state index contributed by atoms with van der Waals surface area (Å²) in [5.74, 6) is 2.05. The highest BCUT2D eigenvalue weighted by Gasteiger charge is 2.06. The van der Waals surface area contributed by atoms with Crippen LogP contribution in [0.25, 0.3) is 10.9 Å². The summed E-state index contributed by atoms with van der Waals surface area (Å²) in [5.41, 5.74) is 1.58. The predicted molar refractivity (Wildman–Crippen MR) is 136 cm³/mol. The first-order valence-corrected chi connectivity index (χ1v) is 11.8. The molecule has 35 heavy (non-hydrogen) atoms. The number of hydrogen-bond donors (Lipinski definition) is 2. The topological polar surface area (TPSA) is 93.3 Å². The molecule has 0 aliphatic heterocycles. The first-order chi connectivity index (χ1) is 17.2. The number of rotatable bonds is 12. The van der Waals surface area contributed by atoms with Crippen molar-refractivity contribution in [3.8, 4) is 11.5 Å². The van der Waals surface area contributed by atoms with Gasteiger partial charge in [0, 0.05) is 19.4 Å². The van der Waals surface area contributed by atoms with Gasteiger partial charge in [-0.05, 0) is 54.8 Å². The van der Waals surface area contributed by atoms with Crippen LogP contribution < -0.4 is 20.3 Å². The lowest BCUT2D eigenvalue weighted by Crippen LogP contribution is -2.25. The van der Waals surface area contributed by atoms with Crippen LogP contribution in [0.3, 0.4) is 0 Å². The molecule has 0 aliphatic rings. The molecule has 3 aromatic carbocycles. The van der Waals surface area contributed by atoms with E-state index in [-0.39, 0.29) is 17.9 Å². The van der Waals surface area contributed by atoms with Gasteiger partial charge in [0.1, 0.15) is 23.9 Å². The summed E-state index contributed by atoms with van der Waals surface area (Å²) in [6, 6.07) is 24.8. The van der Waals surface area contributed by atoms with Gasteiger partial charge < -0.3 is 19.8 Å². The number of ether oxygens (including phenoxy) is 2. The van der Waals surface area contributed by atoms with E-state index >= 15 is 0 Å². The van der Waals surface area contributed by atoms with E-state index < -0.39 is 0 Å². The summed E-state index contributed by atoms with van der Waals surface area (Å²) in [6.45, 7) is 1.68. The highest BCUT2D eigenvalue weighted by Crippen LogP contribution is 2.19. The van der Waals surface area contributed by atoms with Crippen LogP contribution in [0.5, 0.6) is 11.5 Å². The third-order valence-corrected chi connectivity index (χ3v) is 5.48. The number of nitrogens with zero attached hydrogens (tertiary/aromatic N) is 1. The number of hydrogen-bond acceptors (Lipinski definition) is 5. The van der Waals surface area contributed by atoms with Crippen LogP contribution in [-0.2, 0) is 17.8 Å². The van der Waals surface area contributed by atoms with Crippen molar-refractivity contribution >= 4 is 16.8 Å². The Morgan fingerprint density at radius 1 is 0.857 bits per heavy atom. The Balaban J connectivity index is 1.08. The van der Waals surface area contributed by atoms with Crippen LogP contribution >= 0.6 is 0 Å². The van der Waals surface area contributed by atoms with Gasteiger partial charge in [-0.2, -0.15) is 0 Å². The minimum absolute atomic E-state index is 0.0622. The number of aryl methyl sites for hydroxylation is 1. The van der Waals surface area contributed by atoms with E-state index in [0.717, 1.165) is 29.9 Å². The summed E-state index contributed by atoms with van der Waals surface area (Å²) in [7, 11) is 0. The molecule has 0 saturated carbocycles. The molecule has 0 radical (unpaired) electrons. The van der Waals surface area contributed by atoms with Crippen LogP contribution in [0, 0.1) is 0 Å². The lowest BCUT2D eigenvalue weighted by atomic mass is 10.2. The molecule has 2 N–H and O–H groups in total. The number of carbonyl (C=O) groups excluding carboxylic acids is 1. The Morgan fingerprint density at radius 2 is 1.57 bits per heavy atom. The fourth-order valence-electron chi connectivity index (χ4n) is 3.59. The molecule has 1 amide bonds. The van der Waals surface area contributed by atoms with Crippen molar-refractivity contribution < 1.29 is 14.3 Å². The second-order valence-corrected chi connectivity index (χ2v) is 8.18. The van der Waals surface area contributed by atoms with Crippen LogP contribution in [0.4, 0.5) is 0 Å². The summed E-state index contributed by atoms with van der Waals surface area (Å²) < 4.78 is 11.6. The summed E-state index contributed by atoms with van der Waals surface area (Å²) in [4.78, 5) is 31.4. The van der Waals surface area contributed by atoms with Crippen molar-refractivity contribution in [1.82, 2.24) is 15.3 Å². The Labute approximate surface area is 204 Å². The Morgan fingerprint density at radius 3 is 2.37 bits per heavy atom. The smallest absolute Gasteiger partial charge is 0.258 e. The van der Waals surface area contributed by atoms with Gasteiger partial charge in [0.05, 0.1) is 17.5 Å². The van der Waals surface area contributed by atoms with E-state index in [9.17, 15) is 9.59 Å². The number of aromatic amines is 1. The van der Waals surface area contributed by atoms with Crippen molar-refractivity contribution in [2.45, 2.75) is 32.3 Å². The maximum absolute atomic E-state index is 12.1. The lowest BCUT2D eigenvalue weighted by molar-refractivity contribution is -0.121. The summed E-state index contributed by atoms with van der Waals surface area (Å²) in [5, 5.41) is 3.46. The van der Waals surface area contributed by atoms with Gasteiger partial charge in [-0.25, -0.2) is 4.98 Å². The number of H-pyrrole nitrogens is 1. The zero-order valence-corrected chi connectivity index (χ0v) is 19.5. The average Bonchev–Trinajstić information content (AvgIpc) is 2.89. The molecule has 0 unspecified atom stereocenters. The number of para-hydroxylation sites is 1. The first-order valence-electron chi connectivity index (χ1n) is 11.8. The van der Waals surface area contributed by atoms with Crippen LogP contribution in [0.15, 0.2) is 83.7 Å². The molecule has 1 aromatic heterocycles. The van der Waals surface area contributed by atoms with Crippen LogP contribution in [-0.4, -0.2) is 29.0 Å². The van der Waals surface area contributed by atoms with E-state index in [1.165, 1.54) is 0 Å². The fourth-order valence-corrected chi connectivity index (χ4v) is 3.59. The molecule has 180 valence electrons. The first kappa shape index (κ1) is 24.0. The summed E-state index contributed by atoms with van der Waals surface area (Å²) >= 11 is 0. The van der Waals surface area contributed by atoms with Gasteiger partial charge in [0.25, 0.3) is 5.56 Å². The number of unbranched alkanes of at least 4 members (excludes halogenated alkanes) is 1. The minimum atomic E-state index is -0.180. The lowest BCUT2D eigenvalue weighted by Gasteiger charge is -2.09. The van der Waals surface area contributed by atoms with Crippen molar-refractivity contribution in [2.24, 2.45) is 0 Å². The number of nitrogens with one attached hydrogen (secondary N) is 2. The maximum atomic E-state index is 12.1. The van der Waals surface area contributed by atoms with Crippen molar-refractivity contribution in [2.75, 3.05) is 13.2 Å². The van der Waals surface area contributed by atoms with Gasteiger partial charge in [-0.15, -0.1) is 0 Å². The molecular weight excluding hydrogens is 442 g/mol. The molecule has 7 nitrogen and oxygen atoms in total. The average molecular weight is 472 g/mol. The van der Waals surface area contributed by atoms with Gasteiger partial charge in [0.15, 0.2) is 0 Å². The Kier molecular flexibility index (Phi) is 8.48. The number of aromatic nitrogens is 2. The molecule has 4 aromatic rings. The molecule has 0 spiro atoms. The monoisotopic (exact) mass is 471 g/mol. The van der Waals surface area contributed by atoms with E-state index in [0.29, 0.717) is 42.9 Å². The number of amides is 1. The third-order valence-electron chi connectivity index (χ3n) is 5.48. The number of benzene rings is 3. The fraction of sp³-hybridized carbons (Fsp3) is 0.250. The second-order valence-electron chi connectivity index (χ2n) is 8.18. The van der Waals surface area contributed by atoms with Crippen LogP contribution in [0.2, 0.25) is 0 Å². The van der Waals surface area contributed by atoms with Crippen LogP contribution in [0.1, 0.15) is 30.7 Å². The number of fused-ring (bicyclic) bond motifs is 1. The second kappa shape index (κ2) is 12.4.